The number of hydrogen-bond acceptors (Lipinski definition) is 8. The summed E-state index contributed by atoms with van der Waals surface area (Å²) >= 11 is 0. The molecular formula is C12H8N6O4. The number of carbonyl (C=O) groups excluding carboxylic acids is 2. The van der Waals surface area contributed by atoms with E-state index in [9.17, 15) is 9.59 Å². The lowest BCUT2D eigenvalue weighted by molar-refractivity contribution is 0.0727. The molecule has 0 spiro atoms. The van der Waals surface area contributed by atoms with Gasteiger partial charge in [0.25, 0.3) is 11.8 Å². The Hall–Kier alpha value is -3.56. The molecule has 0 unspecified atom stereocenters. The predicted octanol–water partition coefficient (Wildman–Crippen LogP) is 0.361. The van der Waals surface area contributed by atoms with E-state index in [0.717, 1.165) is 0 Å². The molecule has 0 aliphatic heterocycles. The zero-order valence-corrected chi connectivity index (χ0v) is 10.9. The van der Waals surface area contributed by atoms with Crippen LogP contribution in [0.1, 0.15) is 20.7 Å². The minimum atomic E-state index is -0.676. The Morgan fingerprint density at radius 3 is 1.77 bits per heavy atom. The second-order valence-electron chi connectivity index (χ2n) is 3.98. The molecule has 2 heterocycles. The van der Waals surface area contributed by atoms with Crippen molar-refractivity contribution in [2.75, 3.05) is 0 Å². The van der Waals surface area contributed by atoms with Gasteiger partial charge in [-0.1, -0.05) is 26.7 Å². The zero-order chi connectivity index (χ0) is 15.4. The minimum absolute atomic E-state index is 0.0283. The molecule has 0 amide bonds. The summed E-state index contributed by atoms with van der Waals surface area (Å²) in [5.74, 6) is -1.30. The van der Waals surface area contributed by atoms with Gasteiger partial charge in [-0.05, 0) is 18.2 Å². The quantitative estimate of drug-likeness (QED) is 0.659. The molecule has 2 N–H and O–H groups in total. The van der Waals surface area contributed by atoms with Crippen LogP contribution in [0, 0.1) is 0 Å². The van der Waals surface area contributed by atoms with E-state index < -0.39 is 11.9 Å². The second-order valence-corrected chi connectivity index (χ2v) is 3.98. The van der Waals surface area contributed by atoms with Gasteiger partial charge in [0.05, 0.1) is 23.5 Å². The van der Waals surface area contributed by atoms with Gasteiger partial charge in [0.2, 0.25) is 0 Å². The maximum absolute atomic E-state index is 11.9. The Labute approximate surface area is 122 Å². The number of esters is 2. The lowest BCUT2D eigenvalue weighted by Crippen LogP contribution is -2.12. The van der Waals surface area contributed by atoms with Gasteiger partial charge in [-0.3, -0.25) is 10.2 Å². The molecule has 0 aliphatic carbocycles. The first-order valence-corrected chi connectivity index (χ1v) is 6.00. The highest BCUT2D eigenvalue weighted by atomic mass is 16.5. The summed E-state index contributed by atoms with van der Waals surface area (Å²) in [5.41, 5.74) is 0.329. The summed E-state index contributed by atoms with van der Waals surface area (Å²) in [6.45, 7) is 0. The first-order chi connectivity index (χ1) is 10.7. The highest BCUT2D eigenvalue weighted by Gasteiger charge is 2.15. The summed E-state index contributed by atoms with van der Waals surface area (Å²) in [6, 6.07) is 5.86. The van der Waals surface area contributed by atoms with E-state index in [-0.39, 0.29) is 22.9 Å². The zero-order valence-electron chi connectivity index (χ0n) is 10.9. The largest absolute Gasteiger partial charge is 0.400 e. The number of aromatic amines is 2. The molecule has 1 aromatic carbocycles. The number of ether oxygens (including phenoxy) is 2. The van der Waals surface area contributed by atoms with E-state index in [1.807, 2.05) is 0 Å². The van der Waals surface area contributed by atoms with Crippen LogP contribution in [0.2, 0.25) is 0 Å². The Bertz CT molecular complexity index is 720. The number of aromatic nitrogens is 6. The van der Waals surface area contributed by atoms with Crippen LogP contribution >= 0.6 is 0 Å². The van der Waals surface area contributed by atoms with Gasteiger partial charge in [0, 0.05) is 0 Å². The van der Waals surface area contributed by atoms with Crippen molar-refractivity contribution in [1.29, 1.82) is 0 Å². The Kier molecular flexibility index (Phi) is 3.56. The number of carbonyl (C=O) groups is 2. The second kappa shape index (κ2) is 5.83. The highest BCUT2D eigenvalue weighted by Crippen LogP contribution is 2.12. The maximum Gasteiger partial charge on any atom is 0.344 e. The van der Waals surface area contributed by atoms with E-state index in [1.165, 1.54) is 36.7 Å². The van der Waals surface area contributed by atoms with Crippen LogP contribution in [0.4, 0.5) is 0 Å². The fourth-order valence-electron chi connectivity index (χ4n) is 1.56. The number of benzene rings is 1. The summed E-state index contributed by atoms with van der Waals surface area (Å²) < 4.78 is 9.92. The van der Waals surface area contributed by atoms with Crippen LogP contribution in [0.3, 0.4) is 0 Å². The fourth-order valence-corrected chi connectivity index (χ4v) is 1.56. The molecule has 0 saturated carbocycles. The molecule has 0 bridgehead atoms. The van der Waals surface area contributed by atoms with Gasteiger partial charge >= 0.3 is 11.9 Å². The molecule has 110 valence electrons. The molecule has 0 fully saturated rings. The van der Waals surface area contributed by atoms with Crippen molar-refractivity contribution >= 4 is 11.9 Å². The van der Waals surface area contributed by atoms with Crippen molar-refractivity contribution in [1.82, 2.24) is 30.8 Å². The smallest absolute Gasteiger partial charge is 0.344 e. The summed E-state index contributed by atoms with van der Waals surface area (Å²) in [6.07, 6.45) is 2.64. The average Bonchev–Trinajstić information content (AvgIpc) is 3.21. The van der Waals surface area contributed by atoms with Gasteiger partial charge in [0.15, 0.2) is 0 Å². The Morgan fingerprint density at radius 2 is 1.36 bits per heavy atom. The molecule has 3 rings (SSSR count). The third-order valence-corrected chi connectivity index (χ3v) is 2.52. The van der Waals surface area contributed by atoms with Crippen molar-refractivity contribution in [2.24, 2.45) is 0 Å². The van der Waals surface area contributed by atoms with E-state index in [0.29, 0.717) is 0 Å². The number of rotatable bonds is 4. The van der Waals surface area contributed by atoms with Crippen molar-refractivity contribution < 1.29 is 19.1 Å². The average molecular weight is 300 g/mol. The van der Waals surface area contributed by atoms with E-state index in [2.05, 4.69) is 30.8 Å². The predicted molar refractivity (Wildman–Crippen MR) is 69.1 cm³/mol. The van der Waals surface area contributed by atoms with Gasteiger partial charge < -0.3 is 9.47 Å². The van der Waals surface area contributed by atoms with Gasteiger partial charge in [-0.25, -0.2) is 9.59 Å². The van der Waals surface area contributed by atoms with Crippen LogP contribution in [0.15, 0.2) is 36.7 Å². The van der Waals surface area contributed by atoms with Crippen molar-refractivity contribution in [2.45, 2.75) is 0 Å². The summed E-state index contributed by atoms with van der Waals surface area (Å²) in [7, 11) is 0. The van der Waals surface area contributed by atoms with Gasteiger partial charge in [0.1, 0.15) is 0 Å². The molecule has 3 aromatic rings. The molecule has 10 nitrogen and oxygen atoms in total. The molecule has 0 radical (unpaired) electrons. The molecular weight excluding hydrogens is 292 g/mol. The van der Waals surface area contributed by atoms with Crippen LogP contribution in [0.5, 0.6) is 11.8 Å². The number of hydrogen-bond donors (Lipinski definition) is 2. The Morgan fingerprint density at radius 1 is 0.864 bits per heavy atom. The third-order valence-electron chi connectivity index (χ3n) is 2.52. The fraction of sp³-hybridized carbons (Fsp3) is 0. The monoisotopic (exact) mass is 300 g/mol. The molecule has 22 heavy (non-hydrogen) atoms. The molecule has 0 aliphatic rings. The first kappa shape index (κ1) is 13.4. The van der Waals surface area contributed by atoms with Crippen LogP contribution < -0.4 is 9.47 Å². The third kappa shape index (κ3) is 2.95. The SMILES string of the molecule is O=C(Oc1c[nH]nn1)c1cccc(C(=O)Oc2c[nH]nn2)c1. The van der Waals surface area contributed by atoms with E-state index >= 15 is 0 Å². The van der Waals surface area contributed by atoms with Crippen molar-refractivity contribution in [3.05, 3.63) is 47.8 Å². The molecule has 0 saturated heterocycles. The standard InChI is InChI=1S/C12H8N6O4/c19-11(21-9-5-13-17-15-9)7-2-1-3-8(4-7)12(20)22-10-6-14-18-16-10/h1-6H,(H,13,15,17)(H,14,16,18). The summed E-state index contributed by atoms with van der Waals surface area (Å²) in [5, 5.41) is 18.7. The lowest BCUT2D eigenvalue weighted by Gasteiger charge is -2.03. The first-order valence-electron chi connectivity index (χ1n) is 6.00. The number of nitrogens with one attached hydrogen (secondary N) is 2. The Balaban J connectivity index is 1.74. The van der Waals surface area contributed by atoms with Gasteiger partial charge in [-0.2, -0.15) is 0 Å². The van der Waals surface area contributed by atoms with Crippen molar-refractivity contribution in [3.63, 3.8) is 0 Å². The van der Waals surface area contributed by atoms with Crippen LogP contribution in [-0.2, 0) is 0 Å². The molecule has 0 atom stereocenters. The van der Waals surface area contributed by atoms with E-state index in [4.69, 9.17) is 9.47 Å². The summed E-state index contributed by atoms with van der Waals surface area (Å²) in [4.78, 5) is 23.8. The van der Waals surface area contributed by atoms with Gasteiger partial charge in [-0.15, -0.1) is 0 Å². The molecule has 10 heteroatoms. The van der Waals surface area contributed by atoms with Crippen LogP contribution in [-0.4, -0.2) is 42.8 Å². The normalized spacial score (nSPS) is 10.2. The molecule has 2 aromatic heterocycles. The minimum Gasteiger partial charge on any atom is -0.400 e. The topological polar surface area (TPSA) is 136 Å². The lowest BCUT2D eigenvalue weighted by atomic mass is 10.1. The highest BCUT2D eigenvalue weighted by molar-refractivity contribution is 5.96. The van der Waals surface area contributed by atoms with E-state index in [1.54, 1.807) is 0 Å². The maximum atomic E-state index is 11.9. The van der Waals surface area contributed by atoms with Crippen molar-refractivity contribution in [3.8, 4) is 11.8 Å². The number of H-pyrrole nitrogens is 2. The van der Waals surface area contributed by atoms with Crippen LogP contribution in [0.25, 0.3) is 0 Å². The number of nitrogens with zero attached hydrogens (tertiary/aromatic N) is 4.